The second-order valence-corrected chi connectivity index (χ2v) is 9.41. The van der Waals surface area contributed by atoms with Gasteiger partial charge in [0.15, 0.2) is 0 Å². The van der Waals surface area contributed by atoms with Gasteiger partial charge in [0.25, 0.3) is 0 Å². The van der Waals surface area contributed by atoms with Crippen LogP contribution >= 0.6 is 15.9 Å². The van der Waals surface area contributed by atoms with E-state index in [0.717, 1.165) is 22.3 Å². The molecule has 0 saturated heterocycles. The molecule has 4 aromatic carbocycles. The number of para-hydroxylation sites is 1. The molecule has 1 atom stereocenters. The number of hydrogen-bond donors (Lipinski definition) is 1. The molecule has 1 aliphatic carbocycles. The molecule has 0 amide bonds. The lowest BCUT2D eigenvalue weighted by Gasteiger charge is -2.25. The Morgan fingerprint density at radius 1 is 0.697 bits per heavy atom. The van der Waals surface area contributed by atoms with Gasteiger partial charge < -0.3 is 5.32 Å². The van der Waals surface area contributed by atoms with Gasteiger partial charge in [-0.3, -0.25) is 0 Å². The summed E-state index contributed by atoms with van der Waals surface area (Å²) >= 11 is 3.74. The molecule has 0 heterocycles. The highest BCUT2D eigenvalue weighted by atomic mass is 79.9. The van der Waals surface area contributed by atoms with E-state index in [4.69, 9.17) is 0 Å². The van der Waals surface area contributed by atoms with Crippen molar-refractivity contribution in [3.8, 4) is 22.3 Å². The number of hydrogen-bond acceptors (Lipinski definition) is 1. The highest BCUT2D eigenvalue weighted by molar-refractivity contribution is 9.11. The summed E-state index contributed by atoms with van der Waals surface area (Å²) in [6.45, 7) is 2.31. The third-order valence-electron chi connectivity index (χ3n) is 6.18. The summed E-state index contributed by atoms with van der Waals surface area (Å²) in [5, 5.41) is 3.78. The van der Waals surface area contributed by atoms with E-state index < -0.39 is 0 Å². The Hall–Kier alpha value is -3.36. The van der Waals surface area contributed by atoms with Crippen LogP contribution in [0.1, 0.15) is 18.9 Å². The van der Waals surface area contributed by atoms with Crippen LogP contribution in [-0.2, 0) is 0 Å². The summed E-state index contributed by atoms with van der Waals surface area (Å²) in [5.74, 6) is 0.428. The first-order chi connectivity index (χ1) is 16.2. The van der Waals surface area contributed by atoms with Gasteiger partial charge in [-0.15, -0.1) is 0 Å². The van der Waals surface area contributed by atoms with Gasteiger partial charge in [0, 0.05) is 21.3 Å². The minimum absolute atomic E-state index is 0.428. The van der Waals surface area contributed by atoms with Gasteiger partial charge in [-0.25, -0.2) is 0 Å². The van der Waals surface area contributed by atoms with Crippen molar-refractivity contribution in [1.29, 1.82) is 0 Å². The number of rotatable bonds is 5. The summed E-state index contributed by atoms with van der Waals surface area (Å²) in [6, 6.07) is 36.4. The third-order valence-corrected chi connectivity index (χ3v) is 6.73. The van der Waals surface area contributed by atoms with Crippen LogP contribution in [0.4, 0.5) is 11.4 Å². The van der Waals surface area contributed by atoms with Crippen molar-refractivity contribution in [3.63, 3.8) is 0 Å². The van der Waals surface area contributed by atoms with Gasteiger partial charge in [-0.2, -0.15) is 0 Å². The van der Waals surface area contributed by atoms with Crippen molar-refractivity contribution in [2.24, 2.45) is 5.92 Å². The molecular formula is C31H26BrN. The van der Waals surface area contributed by atoms with Crippen LogP contribution in [0.2, 0.25) is 0 Å². The molecular weight excluding hydrogens is 466 g/mol. The molecule has 1 unspecified atom stereocenters. The molecule has 33 heavy (non-hydrogen) atoms. The van der Waals surface area contributed by atoms with Crippen LogP contribution in [0.3, 0.4) is 0 Å². The first-order valence-corrected chi connectivity index (χ1v) is 12.2. The van der Waals surface area contributed by atoms with Crippen LogP contribution in [0, 0.1) is 5.92 Å². The number of anilines is 2. The fourth-order valence-corrected chi connectivity index (χ4v) is 4.86. The van der Waals surface area contributed by atoms with Gasteiger partial charge in [-0.05, 0) is 64.9 Å². The van der Waals surface area contributed by atoms with Crippen LogP contribution in [0.15, 0.2) is 120 Å². The number of halogens is 1. The van der Waals surface area contributed by atoms with Gasteiger partial charge >= 0.3 is 0 Å². The van der Waals surface area contributed by atoms with E-state index in [1.807, 2.05) is 0 Å². The standard InChI is InChI=1S/C31H26BrN/c1-22-17-18-26(32)21-28(22)30-20-25(23-11-5-2-6-12-23)19-29(24-13-7-3-8-14-24)31(30)33-27-15-9-4-10-16-27/h2-16,18-22,33H,17H2,1H3. The van der Waals surface area contributed by atoms with Gasteiger partial charge in [-0.1, -0.05) is 108 Å². The molecule has 0 saturated carbocycles. The van der Waals surface area contributed by atoms with Crippen LogP contribution in [-0.4, -0.2) is 0 Å². The first kappa shape index (κ1) is 21.5. The third kappa shape index (κ3) is 4.72. The van der Waals surface area contributed by atoms with Crippen LogP contribution in [0.25, 0.3) is 27.8 Å². The Morgan fingerprint density at radius 3 is 1.94 bits per heavy atom. The number of benzene rings is 4. The number of allylic oxidation sites excluding steroid dienone is 4. The van der Waals surface area contributed by atoms with Gasteiger partial charge in [0.05, 0.1) is 5.69 Å². The SMILES string of the molecule is CC1CC=C(Br)C=C1c1cc(-c2ccccc2)cc(-c2ccccc2)c1Nc1ccccc1. The molecule has 0 spiro atoms. The van der Waals surface area contributed by atoms with Crippen molar-refractivity contribution in [3.05, 3.63) is 125 Å². The predicted molar refractivity (Wildman–Crippen MR) is 146 cm³/mol. The summed E-state index contributed by atoms with van der Waals surface area (Å²) in [7, 11) is 0. The van der Waals surface area contributed by atoms with Crippen molar-refractivity contribution < 1.29 is 0 Å². The molecule has 4 aromatic rings. The molecule has 0 radical (unpaired) electrons. The lowest BCUT2D eigenvalue weighted by Crippen LogP contribution is -2.06. The second kappa shape index (κ2) is 9.64. The van der Waals surface area contributed by atoms with E-state index in [9.17, 15) is 0 Å². The Labute approximate surface area is 204 Å². The van der Waals surface area contributed by atoms with E-state index in [2.05, 4.69) is 143 Å². The van der Waals surface area contributed by atoms with Crippen LogP contribution in [0.5, 0.6) is 0 Å². The maximum Gasteiger partial charge on any atom is 0.0540 e. The molecule has 2 heteroatoms. The largest absolute Gasteiger partial charge is 0.355 e. The van der Waals surface area contributed by atoms with E-state index in [1.54, 1.807) is 0 Å². The summed E-state index contributed by atoms with van der Waals surface area (Å²) in [6.07, 6.45) is 5.56. The highest BCUT2D eigenvalue weighted by Crippen LogP contribution is 2.44. The van der Waals surface area contributed by atoms with Crippen molar-refractivity contribution in [2.45, 2.75) is 13.3 Å². The normalized spacial score (nSPS) is 15.5. The smallest absolute Gasteiger partial charge is 0.0540 e. The van der Waals surface area contributed by atoms with Gasteiger partial charge in [0.1, 0.15) is 0 Å². The van der Waals surface area contributed by atoms with E-state index in [0.29, 0.717) is 5.92 Å². The highest BCUT2D eigenvalue weighted by Gasteiger charge is 2.22. The molecule has 162 valence electrons. The summed E-state index contributed by atoms with van der Waals surface area (Å²) in [4.78, 5) is 0. The Bertz CT molecular complexity index is 1310. The molecule has 1 nitrogen and oxygen atoms in total. The Morgan fingerprint density at radius 2 is 1.27 bits per heavy atom. The molecule has 0 aliphatic heterocycles. The zero-order valence-electron chi connectivity index (χ0n) is 18.6. The van der Waals surface area contributed by atoms with Gasteiger partial charge in [0.2, 0.25) is 0 Å². The average Bonchev–Trinajstić information content (AvgIpc) is 2.87. The Kier molecular flexibility index (Phi) is 6.28. The Balaban J connectivity index is 1.80. The predicted octanol–water partition coefficient (Wildman–Crippen LogP) is 9.47. The molecule has 1 N–H and O–H groups in total. The van der Waals surface area contributed by atoms with E-state index in [1.165, 1.54) is 33.4 Å². The summed E-state index contributed by atoms with van der Waals surface area (Å²) < 4.78 is 1.15. The lowest BCUT2D eigenvalue weighted by atomic mass is 9.83. The quantitative estimate of drug-likeness (QED) is 0.293. The fourth-order valence-electron chi connectivity index (χ4n) is 4.42. The fraction of sp³-hybridized carbons (Fsp3) is 0.0968. The monoisotopic (exact) mass is 491 g/mol. The molecule has 0 bridgehead atoms. The topological polar surface area (TPSA) is 12.0 Å². The zero-order valence-corrected chi connectivity index (χ0v) is 20.2. The minimum atomic E-state index is 0.428. The number of nitrogens with one attached hydrogen (secondary N) is 1. The van der Waals surface area contributed by atoms with Crippen molar-refractivity contribution in [2.75, 3.05) is 5.32 Å². The van der Waals surface area contributed by atoms with Crippen molar-refractivity contribution in [1.82, 2.24) is 0 Å². The van der Waals surface area contributed by atoms with E-state index >= 15 is 0 Å². The van der Waals surface area contributed by atoms with E-state index in [-0.39, 0.29) is 0 Å². The average molecular weight is 492 g/mol. The maximum atomic E-state index is 3.78. The molecule has 1 aliphatic rings. The maximum absolute atomic E-state index is 3.78. The second-order valence-electron chi connectivity index (χ2n) is 8.49. The molecule has 0 aromatic heterocycles. The zero-order chi connectivity index (χ0) is 22.6. The molecule has 5 rings (SSSR count). The molecule has 0 fully saturated rings. The lowest BCUT2D eigenvalue weighted by molar-refractivity contribution is 0.758. The minimum Gasteiger partial charge on any atom is -0.355 e. The first-order valence-electron chi connectivity index (χ1n) is 11.4. The van der Waals surface area contributed by atoms with Crippen LogP contribution < -0.4 is 5.32 Å². The van der Waals surface area contributed by atoms with Crippen molar-refractivity contribution >= 4 is 32.9 Å². The summed E-state index contributed by atoms with van der Waals surface area (Å²) in [5.41, 5.74) is 9.68.